The predicted molar refractivity (Wildman–Crippen MR) is 94.4 cm³/mol. The highest BCUT2D eigenvalue weighted by Crippen LogP contribution is 2.32. The molecule has 0 spiro atoms. The Bertz CT molecular complexity index is 950. The Morgan fingerprint density at radius 2 is 1.79 bits per heavy atom. The number of benzene rings is 2. The lowest BCUT2D eigenvalue weighted by molar-refractivity contribution is -0.112. The van der Waals surface area contributed by atoms with Crippen molar-refractivity contribution in [3.8, 4) is 0 Å². The second-order valence-electron chi connectivity index (χ2n) is 5.44. The molecule has 0 unspecified atom stereocenters. The van der Waals surface area contributed by atoms with Gasteiger partial charge in [-0.1, -0.05) is 29.3 Å². The second-order valence-corrected chi connectivity index (χ2v) is 7.48. The molecule has 3 rings (SSSR count). The molecule has 0 aromatic heterocycles. The van der Waals surface area contributed by atoms with E-state index in [4.69, 9.17) is 11.6 Å². The van der Waals surface area contributed by atoms with Crippen LogP contribution in [0.4, 0.5) is 5.69 Å². The smallest absolute Gasteiger partial charge is 0.283 e. The van der Waals surface area contributed by atoms with Gasteiger partial charge in [0.1, 0.15) is 0 Å². The Morgan fingerprint density at radius 3 is 2.42 bits per heavy atom. The first kappa shape index (κ1) is 16.7. The minimum absolute atomic E-state index is 0.0481. The van der Waals surface area contributed by atoms with Gasteiger partial charge < -0.3 is 4.90 Å². The molecule has 0 aliphatic carbocycles. The summed E-state index contributed by atoms with van der Waals surface area (Å²) in [4.78, 5) is 14.1. The summed E-state index contributed by atoms with van der Waals surface area (Å²) >= 11 is 6.00. The van der Waals surface area contributed by atoms with E-state index < -0.39 is 15.9 Å². The van der Waals surface area contributed by atoms with Crippen molar-refractivity contribution in [1.82, 2.24) is 0 Å². The molecule has 7 heteroatoms. The molecule has 0 saturated carbocycles. The van der Waals surface area contributed by atoms with Gasteiger partial charge >= 0.3 is 0 Å². The molecule has 1 aliphatic rings. The van der Waals surface area contributed by atoms with Crippen molar-refractivity contribution in [2.24, 2.45) is 4.40 Å². The Morgan fingerprint density at radius 1 is 1.12 bits per heavy atom. The van der Waals surface area contributed by atoms with Crippen molar-refractivity contribution in [3.05, 3.63) is 58.6 Å². The average molecular weight is 363 g/mol. The third-order valence-electron chi connectivity index (χ3n) is 3.80. The summed E-state index contributed by atoms with van der Waals surface area (Å²) in [5.74, 6) is -0.439. The molecule has 1 aliphatic heterocycles. The van der Waals surface area contributed by atoms with E-state index in [0.29, 0.717) is 22.8 Å². The molecule has 5 nitrogen and oxygen atoms in total. The molecule has 0 N–H and O–H groups in total. The van der Waals surface area contributed by atoms with Gasteiger partial charge in [-0.25, -0.2) is 0 Å². The molecule has 0 radical (unpaired) electrons. The highest BCUT2D eigenvalue weighted by Gasteiger charge is 2.34. The van der Waals surface area contributed by atoms with Gasteiger partial charge in [0.15, 0.2) is 5.71 Å². The van der Waals surface area contributed by atoms with Gasteiger partial charge in [-0.2, -0.15) is 12.8 Å². The Hall–Kier alpha value is -2.18. The summed E-state index contributed by atoms with van der Waals surface area (Å²) in [6, 6.07) is 11.2. The van der Waals surface area contributed by atoms with Gasteiger partial charge in [-0.05, 0) is 44.2 Å². The highest BCUT2D eigenvalue weighted by atomic mass is 35.5. The Kier molecular flexibility index (Phi) is 4.19. The zero-order valence-corrected chi connectivity index (χ0v) is 14.7. The number of amides is 1. The normalized spacial score (nSPS) is 15.9. The van der Waals surface area contributed by atoms with Crippen LogP contribution in [0, 0.1) is 6.92 Å². The number of nitrogens with zero attached hydrogens (tertiary/aromatic N) is 2. The van der Waals surface area contributed by atoms with E-state index in [1.807, 2.05) is 13.8 Å². The molecule has 124 valence electrons. The number of hydrogen-bond donors (Lipinski definition) is 0. The molecule has 24 heavy (non-hydrogen) atoms. The van der Waals surface area contributed by atoms with Crippen molar-refractivity contribution in [2.45, 2.75) is 18.7 Å². The summed E-state index contributed by atoms with van der Waals surface area (Å²) in [6.45, 7) is 4.09. The van der Waals surface area contributed by atoms with Crippen LogP contribution in [-0.2, 0) is 14.8 Å². The first-order valence-corrected chi connectivity index (χ1v) is 9.18. The zero-order valence-electron chi connectivity index (χ0n) is 13.2. The molecule has 1 amide bonds. The van der Waals surface area contributed by atoms with E-state index in [1.165, 1.54) is 17.0 Å². The standard InChI is InChI=1S/C17H15ClN2O3S/c1-3-20-15-9-6-12(18)10-14(15)16(17(20)21)19-24(22,23)13-7-4-11(2)5-8-13/h4-10H,3H2,1-2H3/b19-16-. The average Bonchev–Trinajstić information content (AvgIpc) is 2.79. The first-order valence-electron chi connectivity index (χ1n) is 7.37. The van der Waals surface area contributed by atoms with E-state index in [-0.39, 0.29) is 10.6 Å². The van der Waals surface area contributed by atoms with Crippen LogP contribution in [0.15, 0.2) is 51.8 Å². The van der Waals surface area contributed by atoms with E-state index >= 15 is 0 Å². The number of fused-ring (bicyclic) bond motifs is 1. The van der Waals surface area contributed by atoms with Crippen molar-refractivity contribution in [2.75, 3.05) is 11.4 Å². The van der Waals surface area contributed by atoms with Crippen LogP contribution in [0.1, 0.15) is 18.1 Å². The minimum Gasteiger partial charge on any atom is -0.307 e. The van der Waals surface area contributed by atoms with Crippen molar-refractivity contribution in [1.29, 1.82) is 0 Å². The van der Waals surface area contributed by atoms with Crippen LogP contribution in [-0.4, -0.2) is 26.6 Å². The van der Waals surface area contributed by atoms with E-state index in [1.54, 1.807) is 30.3 Å². The van der Waals surface area contributed by atoms with Crippen molar-refractivity contribution >= 4 is 38.9 Å². The van der Waals surface area contributed by atoms with Crippen LogP contribution in [0.25, 0.3) is 0 Å². The quantitative estimate of drug-likeness (QED) is 0.842. The number of likely N-dealkylation sites (N-methyl/N-ethyl adjacent to an activating group) is 1. The fraction of sp³-hybridized carbons (Fsp3) is 0.176. The maximum absolute atomic E-state index is 12.6. The molecule has 2 aromatic rings. The number of sulfonamides is 1. The van der Waals surface area contributed by atoms with Crippen molar-refractivity contribution < 1.29 is 13.2 Å². The SMILES string of the molecule is CCN1C(=O)/C(=N\S(=O)(=O)c2ccc(C)cc2)c2cc(Cl)ccc21. The maximum Gasteiger partial charge on any atom is 0.283 e. The molecule has 0 atom stereocenters. The number of rotatable bonds is 3. The van der Waals surface area contributed by atoms with Crippen LogP contribution >= 0.6 is 11.6 Å². The zero-order chi connectivity index (χ0) is 17.5. The summed E-state index contributed by atoms with van der Waals surface area (Å²) < 4.78 is 28.9. The fourth-order valence-corrected chi connectivity index (χ4v) is 3.75. The lowest BCUT2D eigenvalue weighted by Gasteiger charge is -2.13. The minimum atomic E-state index is -3.98. The summed E-state index contributed by atoms with van der Waals surface area (Å²) in [5.41, 5.74) is 1.89. The summed E-state index contributed by atoms with van der Waals surface area (Å²) in [6.07, 6.45) is 0. The van der Waals surface area contributed by atoms with Gasteiger partial charge in [-0.3, -0.25) is 4.79 Å². The van der Waals surface area contributed by atoms with E-state index in [9.17, 15) is 13.2 Å². The third kappa shape index (κ3) is 2.83. The number of anilines is 1. The monoisotopic (exact) mass is 362 g/mol. The molecular formula is C17H15ClN2O3S. The molecule has 0 saturated heterocycles. The Labute approximate surface area is 145 Å². The summed E-state index contributed by atoms with van der Waals surface area (Å²) in [5, 5.41) is 0.417. The van der Waals surface area contributed by atoms with Crippen molar-refractivity contribution in [3.63, 3.8) is 0 Å². The van der Waals surface area contributed by atoms with Crippen LogP contribution < -0.4 is 4.90 Å². The lowest BCUT2D eigenvalue weighted by atomic mass is 10.1. The fourth-order valence-electron chi connectivity index (χ4n) is 2.57. The van der Waals surface area contributed by atoms with Gasteiger partial charge in [0, 0.05) is 17.1 Å². The van der Waals surface area contributed by atoms with Gasteiger partial charge in [0.25, 0.3) is 15.9 Å². The topological polar surface area (TPSA) is 66.8 Å². The van der Waals surface area contributed by atoms with Crippen LogP contribution in [0.5, 0.6) is 0 Å². The first-order chi connectivity index (χ1) is 11.3. The molecule has 0 fully saturated rings. The van der Waals surface area contributed by atoms with Crippen LogP contribution in [0.3, 0.4) is 0 Å². The third-order valence-corrected chi connectivity index (χ3v) is 5.32. The van der Waals surface area contributed by atoms with E-state index in [2.05, 4.69) is 4.40 Å². The number of carbonyl (C=O) groups excluding carboxylic acids is 1. The van der Waals surface area contributed by atoms with Gasteiger partial charge in [0.2, 0.25) is 0 Å². The molecule has 1 heterocycles. The molecular weight excluding hydrogens is 348 g/mol. The number of carbonyl (C=O) groups is 1. The lowest BCUT2D eigenvalue weighted by Crippen LogP contribution is -2.30. The second kappa shape index (κ2) is 6.03. The largest absolute Gasteiger partial charge is 0.307 e. The number of hydrogen-bond acceptors (Lipinski definition) is 3. The van der Waals surface area contributed by atoms with E-state index in [0.717, 1.165) is 5.56 Å². The number of halogens is 1. The van der Waals surface area contributed by atoms with Gasteiger partial charge in [-0.15, -0.1) is 0 Å². The summed E-state index contributed by atoms with van der Waals surface area (Å²) in [7, 11) is -3.98. The van der Waals surface area contributed by atoms with Gasteiger partial charge in [0.05, 0.1) is 10.6 Å². The maximum atomic E-state index is 12.6. The van der Waals surface area contributed by atoms with Crippen LogP contribution in [0.2, 0.25) is 5.02 Å². The highest BCUT2D eigenvalue weighted by molar-refractivity contribution is 7.90. The molecule has 0 bridgehead atoms. The molecule has 2 aromatic carbocycles. The predicted octanol–water partition coefficient (Wildman–Crippen LogP) is 3.19. The number of aryl methyl sites for hydroxylation is 1. The Balaban J connectivity index is 2.15.